The van der Waals surface area contributed by atoms with Crippen molar-refractivity contribution in [1.29, 1.82) is 0 Å². The van der Waals surface area contributed by atoms with Gasteiger partial charge >= 0.3 is 0 Å². The molecule has 3 aromatic carbocycles. The zero-order valence-electron chi connectivity index (χ0n) is 12.9. The summed E-state index contributed by atoms with van der Waals surface area (Å²) in [4.78, 5) is 0.130. The van der Waals surface area contributed by atoms with Crippen LogP contribution in [0, 0.1) is 5.82 Å². The predicted octanol–water partition coefficient (Wildman–Crippen LogP) is 5.02. The molecule has 7 heteroatoms. The van der Waals surface area contributed by atoms with E-state index in [9.17, 15) is 12.8 Å². The zero-order valence-corrected chi connectivity index (χ0v) is 14.5. The van der Waals surface area contributed by atoms with Crippen molar-refractivity contribution < 1.29 is 12.8 Å². The summed E-state index contributed by atoms with van der Waals surface area (Å²) in [7, 11) is -3.68. The smallest absolute Gasteiger partial charge is 0.261 e. The number of hydrogen-bond donors (Lipinski definition) is 2. The standard InChI is InChI=1S/C18H14ClFN2O2S/c19-13-1-11-18(12-2-13)25(23,24)22-17-9-7-16(8-10-17)21-15-5-3-14(20)4-6-15/h1-12,21-22H. The highest BCUT2D eigenvalue weighted by Gasteiger charge is 2.13. The summed E-state index contributed by atoms with van der Waals surface area (Å²) in [5.41, 5.74) is 1.91. The van der Waals surface area contributed by atoms with E-state index in [1.807, 2.05) is 0 Å². The summed E-state index contributed by atoms with van der Waals surface area (Å²) >= 11 is 5.77. The molecule has 128 valence electrons. The summed E-state index contributed by atoms with van der Waals surface area (Å²) in [5.74, 6) is -0.308. The van der Waals surface area contributed by atoms with Crippen LogP contribution in [0.25, 0.3) is 0 Å². The quantitative estimate of drug-likeness (QED) is 0.657. The first-order valence-corrected chi connectivity index (χ1v) is 9.19. The summed E-state index contributed by atoms with van der Waals surface area (Å²) in [6.07, 6.45) is 0. The zero-order chi connectivity index (χ0) is 17.9. The predicted molar refractivity (Wildman–Crippen MR) is 98.4 cm³/mol. The first-order valence-electron chi connectivity index (χ1n) is 7.33. The lowest BCUT2D eigenvalue weighted by Crippen LogP contribution is -2.12. The fourth-order valence-corrected chi connectivity index (χ4v) is 3.33. The average molecular weight is 377 g/mol. The number of nitrogens with one attached hydrogen (secondary N) is 2. The van der Waals surface area contributed by atoms with E-state index in [1.165, 1.54) is 36.4 Å². The highest BCUT2D eigenvalue weighted by molar-refractivity contribution is 7.92. The lowest BCUT2D eigenvalue weighted by atomic mass is 10.2. The van der Waals surface area contributed by atoms with Gasteiger partial charge in [-0.2, -0.15) is 0 Å². The van der Waals surface area contributed by atoms with Gasteiger partial charge in [0.2, 0.25) is 0 Å². The molecule has 25 heavy (non-hydrogen) atoms. The molecule has 0 aromatic heterocycles. The molecule has 2 N–H and O–H groups in total. The molecule has 0 aliphatic rings. The van der Waals surface area contributed by atoms with E-state index >= 15 is 0 Å². The topological polar surface area (TPSA) is 58.2 Å². The van der Waals surface area contributed by atoms with E-state index in [0.29, 0.717) is 10.7 Å². The molecule has 0 aliphatic heterocycles. The normalized spacial score (nSPS) is 11.1. The molecule has 0 unspecified atom stereocenters. The molecular weight excluding hydrogens is 363 g/mol. The molecular formula is C18H14ClFN2O2S. The van der Waals surface area contributed by atoms with Crippen LogP contribution in [-0.4, -0.2) is 8.42 Å². The second-order valence-electron chi connectivity index (χ2n) is 5.27. The number of halogens is 2. The average Bonchev–Trinajstić information content (AvgIpc) is 2.59. The van der Waals surface area contributed by atoms with Gasteiger partial charge in [0.1, 0.15) is 5.82 Å². The van der Waals surface area contributed by atoms with Crippen molar-refractivity contribution >= 4 is 38.7 Å². The van der Waals surface area contributed by atoms with Crippen molar-refractivity contribution in [1.82, 2.24) is 0 Å². The lowest BCUT2D eigenvalue weighted by molar-refractivity contribution is 0.601. The fraction of sp³-hybridized carbons (Fsp3) is 0. The molecule has 0 bridgehead atoms. The number of rotatable bonds is 5. The first-order chi connectivity index (χ1) is 11.9. The van der Waals surface area contributed by atoms with E-state index < -0.39 is 10.0 Å². The molecule has 0 spiro atoms. The van der Waals surface area contributed by atoms with Gasteiger partial charge in [-0.15, -0.1) is 0 Å². The first kappa shape index (κ1) is 17.3. The summed E-state index contributed by atoms with van der Waals surface area (Å²) in [6.45, 7) is 0. The van der Waals surface area contributed by atoms with Gasteiger partial charge in [-0.25, -0.2) is 12.8 Å². The Kier molecular flexibility index (Phi) is 4.92. The minimum absolute atomic E-state index is 0.130. The second kappa shape index (κ2) is 7.13. The highest BCUT2D eigenvalue weighted by Crippen LogP contribution is 2.22. The van der Waals surface area contributed by atoms with Gasteiger partial charge in [-0.05, 0) is 72.8 Å². The molecule has 0 radical (unpaired) electrons. The van der Waals surface area contributed by atoms with Crippen LogP contribution in [0.1, 0.15) is 0 Å². The minimum Gasteiger partial charge on any atom is -0.356 e. The largest absolute Gasteiger partial charge is 0.356 e. The number of anilines is 3. The van der Waals surface area contributed by atoms with Crippen LogP contribution in [0.4, 0.5) is 21.5 Å². The maximum atomic E-state index is 12.9. The van der Waals surface area contributed by atoms with Gasteiger partial charge in [0, 0.05) is 22.1 Å². The third-order valence-corrected chi connectivity index (χ3v) is 5.04. The van der Waals surface area contributed by atoms with Crippen molar-refractivity contribution in [3.05, 3.63) is 83.6 Å². The van der Waals surface area contributed by atoms with Gasteiger partial charge in [0.25, 0.3) is 10.0 Å². The van der Waals surface area contributed by atoms with Crippen LogP contribution < -0.4 is 10.0 Å². The Morgan fingerprint density at radius 2 is 1.20 bits per heavy atom. The molecule has 0 saturated heterocycles. The molecule has 3 aromatic rings. The van der Waals surface area contributed by atoms with Crippen molar-refractivity contribution in [3.8, 4) is 0 Å². The molecule has 4 nitrogen and oxygen atoms in total. The van der Waals surface area contributed by atoms with Crippen LogP contribution in [0.3, 0.4) is 0 Å². The van der Waals surface area contributed by atoms with Crippen molar-refractivity contribution in [3.63, 3.8) is 0 Å². The number of hydrogen-bond acceptors (Lipinski definition) is 3. The molecule has 0 heterocycles. The molecule has 0 aliphatic carbocycles. The molecule has 0 saturated carbocycles. The molecule has 3 rings (SSSR count). The van der Waals surface area contributed by atoms with Crippen LogP contribution in [0.15, 0.2) is 77.7 Å². The Balaban J connectivity index is 1.71. The molecule has 0 fully saturated rings. The van der Waals surface area contributed by atoms with Crippen LogP contribution in [-0.2, 0) is 10.0 Å². The van der Waals surface area contributed by atoms with Crippen molar-refractivity contribution in [2.24, 2.45) is 0 Å². The maximum Gasteiger partial charge on any atom is 0.261 e. The molecule has 0 amide bonds. The van der Waals surface area contributed by atoms with Crippen molar-refractivity contribution in [2.45, 2.75) is 4.90 Å². The van der Waals surface area contributed by atoms with E-state index in [4.69, 9.17) is 11.6 Å². The second-order valence-corrected chi connectivity index (χ2v) is 7.39. The summed E-state index contributed by atoms with van der Waals surface area (Å²) in [6, 6.07) is 18.6. The fourth-order valence-electron chi connectivity index (χ4n) is 2.15. The highest BCUT2D eigenvalue weighted by atomic mass is 35.5. The van der Waals surface area contributed by atoms with Crippen LogP contribution in [0.5, 0.6) is 0 Å². The van der Waals surface area contributed by atoms with Gasteiger partial charge in [-0.3, -0.25) is 4.72 Å². The minimum atomic E-state index is -3.68. The van der Waals surface area contributed by atoms with Gasteiger partial charge in [0.05, 0.1) is 4.90 Å². The van der Waals surface area contributed by atoms with Gasteiger partial charge in [0.15, 0.2) is 0 Å². The van der Waals surface area contributed by atoms with E-state index in [-0.39, 0.29) is 10.7 Å². The van der Waals surface area contributed by atoms with Crippen LogP contribution >= 0.6 is 11.6 Å². The van der Waals surface area contributed by atoms with Gasteiger partial charge < -0.3 is 5.32 Å². The van der Waals surface area contributed by atoms with Gasteiger partial charge in [-0.1, -0.05) is 11.6 Å². The number of benzene rings is 3. The Bertz CT molecular complexity index is 957. The Hall–Kier alpha value is -2.57. The van der Waals surface area contributed by atoms with Crippen molar-refractivity contribution in [2.75, 3.05) is 10.0 Å². The lowest BCUT2D eigenvalue weighted by Gasteiger charge is -2.10. The SMILES string of the molecule is O=S(=O)(Nc1ccc(Nc2ccc(F)cc2)cc1)c1ccc(Cl)cc1. The Morgan fingerprint density at radius 1 is 0.720 bits per heavy atom. The summed E-state index contributed by atoms with van der Waals surface area (Å²) < 4.78 is 40.0. The van der Waals surface area contributed by atoms with E-state index in [1.54, 1.807) is 36.4 Å². The Labute approximate surface area is 150 Å². The maximum absolute atomic E-state index is 12.9. The third-order valence-electron chi connectivity index (χ3n) is 3.39. The van der Waals surface area contributed by atoms with E-state index in [2.05, 4.69) is 10.0 Å². The Morgan fingerprint density at radius 3 is 1.76 bits per heavy atom. The number of sulfonamides is 1. The molecule has 0 atom stereocenters. The van der Waals surface area contributed by atoms with E-state index in [0.717, 1.165) is 11.4 Å². The third kappa shape index (κ3) is 4.49. The van der Waals surface area contributed by atoms with Crippen LogP contribution in [0.2, 0.25) is 5.02 Å². The monoisotopic (exact) mass is 376 g/mol. The summed E-state index contributed by atoms with van der Waals surface area (Å²) in [5, 5.41) is 3.57.